The highest BCUT2D eigenvalue weighted by molar-refractivity contribution is 5.14. The molecule has 0 N–H and O–H groups in total. The molecule has 1 fully saturated rings. The standard InChI is InChI=1S/C8H11N3/c1-2-8(10-11-9)6-4-3-5-7-8/h1H,3-7H2. The van der Waals surface area contributed by atoms with Gasteiger partial charge in [0.2, 0.25) is 0 Å². The van der Waals surface area contributed by atoms with Gasteiger partial charge in [0.1, 0.15) is 5.54 Å². The summed E-state index contributed by atoms with van der Waals surface area (Å²) < 4.78 is 0. The molecule has 1 aliphatic carbocycles. The van der Waals surface area contributed by atoms with Crippen LogP contribution in [0.2, 0.25) is 0 Å². The second-order valence-electron chi connectivity index (χ2n) is 2.93. The van der Waals surface area contributed by atoms with Crippen LogP contribution < -0.4 is 0 Å². The summed E-state index contributed by atoms with van der Waals surface area (Å²) >= 11 is 0. The number of nitrogens with zero attached hydrogens (tertiary/aromatic N) is 3. The molecule has 0 aromatic heterocycles. The van der Waals surface area contributed by atoms with Crippen molar-refractivity contribution in [1.82, 2.24) is 0 Å². The predicted molar refractivity (Wildman–Crippen MR) is 43.8 cm³/mol. The molecule has 0 saturated heterocycles. The van der Waals surface area contributed by atoms with Gasteiger partial charge in [-0.2, -0.15) is 0 Å². The topological polar surface area (TPSA) is 48.8 Å². The fourth-order valence-electron chi connectivity index (χ4n) is 1.50. The first-order valence-electron chi connectivity index (χ1n) is 3.87. The zero-order chi connectivity index (χ0) is 8.16. The molecule has 0 spiro atoms. The van der Waals surface area contributed by atoms with Crippen molar-refractivity contribution in [2.45, 2.75) is 37.6 Å². The van der Waals surface area contributed by atoms with Gasteiger partial charge in [0.25, 0.3) is 0 Å². The highest BCUT2D eigenvalue weighted by Crippen LogP contribution is 2.30. The lowest BCUT2D eigenvalue weighted by atomic mass is 9.83. The predicted octanol–water partition coefficient (Wildman–Crippen LogP) is 2.63. The van der Waals surface area contributed by atoms with E-state index in [1.165, 1.54) is 6.42 Å². The minimum absolute atomic E-state index is 0.493. The zero-order valence-corrected chi connectivity index (χ0v) is 6.45. The summed E-state index contributed by atoms with van der Waals surface area (Å²) in [5.41, 5.74) is 7.78. The number of rotatable bonds is 1. The van der Waals surface area contributed by atoms with Gasteiger partial charge in [-0.3, -0.25) is 0 Å². The first-order chi connectivity index (χ1) is 5.33. The Morgan fingerprint density at radius 3 is 2.45 bits per heavy atom. The van der Waals surface area contributed by atoms with Crippen molar-refractivity contribution in [1.29, 1.82) is 0 Å². The van der Waals surface area contributed by atoms with Gasteiger partial charge in [-0.1, -0.05) is 30.3 Å². The van der Waals surface area contributed by atoms with Crippen molar-refractivity contribution in [2.75, 3.05) is 0 Å². The molecule has 11 heavy (non-hydrogen) atoms. The second kappa shape index (κ2) is 3.32. The van der Waals surface area contributed by atoms with Crippen LogP contribution in [0, 0.1) is 12.3 Å². The van der Waals surface area contributed by atoms with Crippen LogP contribution >= 0.6 is 0 Å². The van der Waals surface area contributed by atoms with E-state index in [9.17, 15) is 0 Å². The largest absolute Gasteiger partial charge is 0.119 e. The average molecular weight is 149 g/mol. The van der Waals surface area contributed by atoms with Crippen LogP contribution in [0.5, 0.6) is 0 Å². The van der Waals surface area contributed by atoms with Gasteiger partial charge >= 0.3 is 0 Å². The molecule has 3 nitrogen and oxygen atoms in total. The van der Waals surface area contributed by atoms with Crippen LogP contribution in [-0.4, -0.2) is 5.54 Å². The highest BCUT2D eigenvalue weighted by atomic mass is 15.2. The van der Waals surface area contributed by atoms with E-state index >= 15 is 0 Å². The molecule has 1 aliphatic rings. The van der Waals surface area contributed by atoms with Gasteiger partial charge in [0.05, 0.1) is 0 Å². The molecule has 0 atom stereocenters. The molecule has 0 unspecified atom stereocenters. The fraction of sp³-hybridized carbons (Fsp3) is 0.750. The van der Waals surface area contributed by atoms with Gasteiger partial charge in [0, 0.05) is 4.91 Å². The van der Waals surface area contributed by atoms with E-state index in [4.69, 9.17) is 12.0 Å². The Hall–Kier alpha value is -1.13. The third kappa shape index (κ3) is 1.66. The number of terminal acetylenes is 1. The normalized spacial score (nSPS) is 21.4. The Kier molecular flexibility index (Phi) is 2.40. The highest BCUT2D eigenvalue weighted by Gasteiger charge is 2.28. The summed E-state index contributed by atoms with van der Waals surface area (Å²) in [6, 6.07) is 0. The first kappa shape index (κ1) is 7.97. The third-order valence-corrected chi connectivity index (χ3v) is 2.19. The van der Waals surface area contributed by atoms with Crippen molar-refractivity contribution in [3.8, 4) is 12.3 Å². The van der Waals surface area contributed by atoms with E-state index in [0.717, 1.165) is 25.7 Å². The molecule has 0 heterocycles. The van der Waals surface area contributed by atoms with E-state index < -0.39 is 5.54 Å². The molecule has 0 radical (unpaired) electrons. The maximum absolute atomic E-state index is 8.28. The summed E-state index contributed by atoms with van der Waals surface area (Å²) in [5.74, 6) is 2.60. The molecule has 1 saturated carbocycles. The lowest BCUT2D eigenvalue weighted by molar-refractivity contribution is 0.370. The molecule has 58 valence electrons. The second-order valence-corrected chi connectivity index (χ2v) is 2.93. The zero-order valence-electron chi connectivity index (χ0n) is 6.45. The quantitative estimate of drug-likeness (QED) is 0.238. The van der Waals surface area contributed by atoms with Crippen LogP contribution in [-0.2, 0) is 0 Å². The van der Waals surface area contributed by atoms with Crippen LogP contribution in [0.4, 0.5) is 0 Å². The van der Waals surface area contributed by atoms with Gasteiger partial charge in [-0.25, -0.2) is 0 Å². The van der Waals surface area contributed by atoms with Gasteiger partial charge in [-0.15, -0.1) is 6.42 Å². The lowest BCUT2D eigenvalue weighted by Crippen LogP contribution is -2.26. The minimum Gasteiger partial charge on any atom is -0.119 e. The molecule has 1 rings (SSSR count). The summed E-state index contributed by atoms with van der Waals surface area (Å²) in [7, 11) is 0. The van der Waals surface area contributed by atoms with Crippen molar-refractivity contribution in [2.24, 2.45) is 5.11 Å². The first-order valence-corrected chi connectivity index (χ1v) is 3.87. The van der Waals surface area contributed by atoms with Gasteiger partial charge in [0.15, 0.2) is 0 Å². The summed E-state index contributed by atoms with van der Waals surface area (Å²) in [6.45, 7) is 0. The molecule has 0 bridgehead atoms. The Labute approximate surface area is 66.4 Å². The van der Waals surface area contributed by atoms with E-state index in [-0.39, 0.29) is 0 Å². The average Bonchev–Trinajstić information content (AvgIpc) is 2.07. The Morgan fingerprint density at radius 2 is 2.00 bits per heavy atom. The van der Waals surface area contributed by atoms with Crippen LogP contribution in [0.1, 0.15) is 32.1 Å². The fourth-order valence-corrected chi connectivity index (χ4v) is 1.50. The number of hydrogen-bond acceptors (Lipinski definition) is 1. The Morgan fingerprint density at radius 1 is 1.36 bits per heavy atom. The summed E-state index contributed by atoms with van der Waals surface area (Å²) in [6.07, 6.45) is 10.4. The van der Waals surface area contributed by atoms with Crippen molar-refractivity contribution in [3.63, 3.8) is 0 Å². The number of azide groups is 1. The molecule has 0 aromatic rings. The molecule has 3 heteroatoms. The number of hydrogen-bond donors (Lipinski definition) is 0. The van der Waals surface area contributed by atoms with Gasteiger partial charge in [-0.05, 0) is 18.4 Å². The monoisotopic (exact) mass is 149 g/mol. The maximum atomic E-state index is 8.28. The van der Waals surface area contributed by atoms with E-state index in [2.05, 4.69) is 15.9 Å². The minimum atomic E-state index is -0.493. The van der Waals surface area contributed by atoms with Crippen molar-refractivity contribution >= 4 is 0 Å². The van der Waals surface area contributed by atoms with Crippen molar-refractivity contribution in [3.05, 3.63) is 10.4 Å². The third-order valence-electron chi connectivity index (χ3n) is 2.19. The Bertz CT molecular complexity index is 214. The maximum Gasteiger partial charge on any atom is 0.109 e. The van der Waals surface area contributed by atoms with Crippen LogP contribution in [0.25, 0.3) is 10.4 Å². The summed E-state index contributed by atoms with van der Waals surface area (Å²) in [4.78, 5) is 2.78. The van der Waals surface area contributed by atoms with E-state index in [0.29, 0.717) is 0 Å². The molecule has 0 aliphatic heterocycles. The SMILES string of the molecule is C#CC1(N=[N+]=[N-])CCCCC1. The van der Waals surface area contributed by atoms with Gasteiger partial charge < -0.3 is 0 Å². The smallest absolute Gasteiger partial charge is 0.109 e. The summed E-state index contributed by atoms with van der Waals surface area (Å²) in [5, 5.41) is 3.68. The molecule has 0 amide bonds. The van der Waals surface area contributed by atoms with Crippen molar-refractivity contribution < 1.29 is 0 Å². The molecule has 0 aromatic carbocycles. The van der Waals surface area contributed by atoms with Crippen LogP contribution in [0.15, 0.2) is 5.11 Å². The molecular weight excluding hydrogens is 138 g/mol. The lowest BCUT2D eigenvalue weighted by Gasteiger charge is -2.26. The molecular formula is C8H11N3. The van der Waals surface area contributed by atoms with Crippen LogP contribution in [0.3, 0.4) is 0 Å². The van der Waals surface area contributed by atoms with E-state index in [1.807, 2.05) is 0 Å². The Balaban J connectivity index is 2.74. The van der Waals surface area contributed by atoms with E-state index in [1.54, 1.807) is 0 Å².